The number of halogens is 1. The summed E-state index contributed by atoms with van der Waals surface area (Å²) < 4.78 is 13.8. The molecular weight excluding hydrogens is 377 g/mol. The minimum atomic E-state index is -0.0926. The van der Waals surface area contributed by atoms with Crippen molar-refractivity contribution in [3.05, 3.63) is 41.2 Å². The summed E-state index contributed by atoms with van der Waals surface area (Å²) in [5.41, 5.74) is 7.71. The number of allylic oxidation sites excluding steroid dienone is 2. The van der Waals surface area contributed by atoms with E-state index in [1.165, 1.54) is 51.4 Å². The number of benzene rings is 1. The van der Waals surface area contributed by atoms with Crippen LogP contribution in [0.5, 0.6) is 0 Å². The van der Waals surface area contributed by atoms with Gasteiger partial charge in [0.1, 0.15) is 5.82 Å². The van der Waals surface area contributed by atoms with Crippen LogP contribution in [0.25, 0.3) is 0 Å². The summed E-state index contributed by atoms with van der Waals surface area (Å²) in [5, 5.41) is 0. The molecule has 1 aromatic rings. The van der Waals surface area contributed by atoms with Crippen molar-refractivity contribution in [1.82, 2.24) is 4.90 Å². The molecule has 3 aliphatic rings. The number of rotatable bonds is 3. The normalized spacial score (nSPS) is 19.8. The summed E-state index contributed by atoms with van der Waals surface area (Å²) >= 11 is 0. The summed E-state index contributed by atoms with van der Waals surface area (Å²) in [6, 6.07) is 5.48. The number of anilines is 1. The maximum absolute atomic E-state index is 13.8. The van der Waals surface area contributed by atoms with Gasteiger partial charge in [-0.25, -0.2) is 4.39 Å². The maximum atomic E-state index is 13.8. The molecule has 4 nitrogen and oxygen atoms in total. The molecule has 1 heterocycles. The van der Waals surface area contributed by atoms with Gasteiger partial charge in [0.2, 0.25) is 6.41 Å². The number of hydrogen-bond donors (Lipinski definition) is 1. The minimum Gasteiger partial charge on any atom is -0.372 e. The van der Waals surface area contributed by atoms with Crippen molar-refractivity contribution < 1.29 is 9.18 Å². The third-order valence-corrected chi connectivity index (χ3v) is 6.47. The van der Waals surface area contributed by atoms with Crippen molar-refractivity contribution >= 4 is 12.1 Å². The third kappa shape index (κ3) is 7.75. The van der Waals surface area contributed by atoms with Crippen LogP contribution in [0.15, 0.2) is 29.8 Å². The van der Waals surface area contributed by atoms with Gasteiger partial charge in [0, 0.05) is 26.2 Å². The molecule has 2 fully saturated rings. The third-order valence-electron chi connectivity index (χ3n) is 6.47. The van der Waals surface area contributed by atoms with Gasteiger partial charge in [-0.05, 0) is 69.2 Å². The van der Waals surface area contributed by atoms with E-state index in [1.54, 1.807) is 6.07 Å². The van der Waals surface area contributed by atoms with Crippen LogP contribution in [0.3, 0.4) is 0 Å². The lowest BCUT2D eigenvalue weighted by Gasteiger charge is -2.35. The Morgan fingerprint density at radius 2 is 1.77 bits per heavy atom. The molecule has 5 heteroatoms. The fourth-order valence-electron chi connectivity index (χ4n) is 4.71. The molecule has 0 bridgehead atoms. The van der Waals surface area contributed by atoms with Gasteiger partial charge in [-0.3, -0.25) is 4.79 Å². The zero-order chi connectivity index (χ0) is 21.8. The van der Waals surface area contributed by atoms with Gasteiger partial charge in [0.25, 0.3) is 0 Å². The standard InChI is InChI=1S/C13H19FN2.C11H18.CH3NO/c1-3-15-6-8-16(9-7-15)13-5-4-11(2)10-12(13)14;1-2-6-10(7-3-1)11-8-4-5-9-11;2-1-3/h4-5,10H,3,6-9H2,1-2H3;8,10H,1-7,9H2;1H,(H2,2,3). The van der Waals surface area contributed by atoms with Gasteiger partial charge in [-0.2, -0.15) is 0 Å². The number of carbonyl (C=O) groups excluding carboxylic acids is 1. The first-order valence-corrected chi connectivity index (χ1v) is 11.7. The molecule has 1 aliphatic heterocycles. The molecule has 4 rings (SSSR count). The van der Waals surface area contributed by atoms with Gasteiger partial charge >= 0.3 is 0 Å². The summed E-state index contributed by atoms with van der Waals surface area (Å²) in [4.78, 5) is 13.1. The van der Waals surface area contributed by atoms with E-state index in [9.17, 15) is 4.39 Å². The minimum absolute atomic E-state index is 0.0926. The number of primary amides is 1. The Bertz CT molecular complexity index is 662. The topological polar surface area (TPSA) is 49.6 Å². The average molecular weight is 418 g/mol. The van der Waals surface area contributed by atoms with Crippen molar-refractivity contribution in [2.75, 3.05) is 37.6 Å². The monoisotopic (exact) mass is 417 g/mol. The number of amides is 1. The van der Waals surface area contributed by atoms with Crippen LogP contribution >= 0.6 is 0 Å². The number of hydrogen-bond acceptors (Lipinski definition) is 3. The van der Waals surface area contributed by atoms with Crippen molar-refractivity contribution in [1.29, 1.82) is 0 Å². The predicted molar refractivity (Wildman–Crippen MR) is 124 cm³/mol. The van der Waals surface area contributed by atoms with E-state index >= 15 is 0 Å². The molecular formula is C25H40FN3O. The van der Waals surface area contributed by atoms with E-state index in [1.807, 2.05) is 24.6 Å². The highest BCUT2D eigenvalue weighted by Crippen LogP contribution is 2.35. The summed E-state index contributed by atoms with van der Waals surface area (Å²) in [7, 11) is 0. The van der Waals surface area contributed by atoms with Crippen LogP contribution in [0, 0.1) is 18.7 Å². The first-order valence-electron chi connectivity index (χ1n) is 11.7. The Balaban J connectivity index is 0.000000198. The Morgan fingerprint density at radius 3 is 2.30 bits per heavy atom. The first-order chi connectivity index (χ1) is 14.6. The van der Waals surface area contributed by atoms with Crippen LogP contribution in [0.1, 0.15) is 63.9 Å². The number of nitrogens with zero attached hydrogens (tertiary/aromatic N) is 2. The second kappa shape index (κ2) is 13.4. The quantitative estimate of drug-likeness (QED) is 0.553. The van der Waals surface area contributed by atoms with E-state index in [0.29, 0.717) is 0 Å². The SMILES string of the molecule is C1=C(C2CCCCC2)CCC1.CCN1CCN(c2ccc(C)cc2F)CC1.NC=O. The molecule has 30 heavy (non-hydrogen) atoms. The summed E-state index contributed by atoms with van der Waals surface area (Å²) in [5.74, 6) is 0.913. The van der Waals surface area contributed by atoms with E-state index < -0.39 is 0 Å². The molecule has 2 aliphatic carbocycles. The Hall–Kier alpha value is -1.88. The van der Waals surface area contributed by atoms with Crippen molar-refractivity contribution in [3.8, 4) is 0 Å². The number of carbonyl (C=O) groups is 1. The van der Waals surface area contributed by atoms with E-state index in [-0.39, 0.29) is 12.2 Å². The molecule has 0 aromatic heterocycles. The van der Waals surface area contributed by atoms with Gasteiger partial charge in [-0.1, -0.05) is 43.9 Å². The molecule has 1 saturated carbocycles. The fraction of sp³-hybridized carbons (Fsp3) is 0.640. The lowest BCUT2D eigenvalue weighted by molar-refractivity contribution is -0.106. The van der Waals surface area contributed by atoms with Gasteiger partial charge in [0.15, 0.2) is 0 Å². The average Bonchev–Trinajstić information content (AvgIpc) is 3.31. The largest absolute Gasteiger partial charge is 0.372 e. The summed E-state index contributed by atoms with van der Waals surface area (Å²) in [6.45, 7) is 9.09. The van der Waals surface area contributed by atoms with E-state index in [2.05, 4.69) is 28.5 Å². The Kier molecular flexibility index (Phi) is 10.9. The second-order valence-electron chi connectivity index (χ2n) is 8.52. The fourth-order valence-corrected chi connectivity index (χ4v) is 4.71. The zero-order valence-electron chi connectivity index (χ0n) is 18.9. The molecule has 1 saturated heterocycles. The van der Waals surface area contributed by atoms with Crippen molar-refractivity contribution in [2.45, 2.75) is 65.2 Å². The smallest absolute Gasteiger partial charge is 0.204 e. The van der Waals surface area contributed by atoms with E-state index in [0.717, 1.165) is 49.9 Å². The lowest BCUT2D eigenvalue weighted by atomic mass is 9.83. The molecule has 1 amide bonds. The number of aryl methyl sites for hydroxylation is 1. The highest BCUT2D eigenvalue weighted by Gasteiger charge is 2.19. The van der Waals surface area contributed by atoms with Crippen molar-refractivity contribution in [2.24, 2.45) is 11.7 Å². The Morgan fingerprint density at radius 1 is 1.10 bits per heavy atom. The van der Waals surface area contributed by atoms with Gasteiger partial charge < -0.3 is 15.5 Å². The lowest BCUT2D eigenvalue weighted by Crippen LogP contribution is -2.46. The van der Waals surface area contributed by atoms with Gasteiger partial charge in [0.05, 0.1) is 5.69 Å². The molecule has 1 aromatic carbocycles. The number of likely N-dealkylation sites (N-methyl/N-ethyl adjacent to an activating group) is 1. The number of piperazine rings is 1. The maximum Gasteiger partial charge on any atom is 0.204 e. The molecule has 0 spiro atoms. The highest BCUT2D eigenvalue weighted by atomic mass is 19.1. The van der Waals surface area contributed by atoms with Gasteiger partial charge in [-0.15, -0.1) is 0 Å². The summed E-state index contributed by atoms with van der Waals surface area (Å²) in [6.07, 6.45) is 14.4. The molecule has 168 valence electrons. The number of nitrogens with two attached hydrogens (primary N) is 1. The van der Waals surface area contributed by atoms with Crippen LogP contribution in [0.4, 0.5) is 10.1 Å². The van der Waals surface area contributed by atoms with Crippen LogP contribution in [-0.2, 0) is 4.79 Å². The molecule has 0 radical (unpaired) electrons. The van der Waals surface area contributed by atoms with Crippen LogP contribution in [0.2, 0.25) is 0 Å². The highest BCUT2D eigenvalue weighted by molar-refractivity contribution is 5.49. The van der Waals surface area contributed by atoms with Crippen LogP contribution < -0.4 is 10.6 Å². The predicted octanol–water partition coefficient (Wildman–Crippen LogP) is 5.05. The zero-order valence-corrected chi connectivity index (χ0v) is 18.9. The second-order valence-corrected chi connectivity index (χ2v) is 8.52. The van der Waals surface area contributed by atoms with E-state index in [4.69, 9.17) is 4.79 Å². The van der Waals surface area contributed by atoms with Crippen LogP contribution in [-0.4, -0.2) is 44.0 Å². The molecule has 2 N–H and O–H groups in total. The van der Waals surface area contributed by atoms with Crippen molar-refractivity contribution in [3.63, 3.8) is 0 Å². The molecule has 0 unspecified atom stereocenters. The Labute approximate surface area is 182 Å². The molecule has 0 atom stereocenters. The first kappa shape index (κ1) is 24.4.